The van der Waals surface area contributed by atoms with Crippen molar-refractivity contribution in [1.82, 2.24) is 9.80 Å². The number of carbonyl (C=O) groups excluding carboxylic acids is 2. The molecule has 7 nitrogen and oxygen atoms in total. The monoisotopic (exact) mass is 438 g/mol. The molecule has 0 unspecified atom stereocenters. The highest BCUT2D eigenvalue weighted by Crippen LogP contribution is 2.26. The van der Waals surface area contributed by atoms with Crippen LogP contribution in [0, 0.1) is 0 Å². The fourth-order valence-corrected chi connectivity index (χ4v) is 4.27. The van der Waals surface area contributed by atoms with E-state index < -0.39 is 9.84 Å². The molecular formula is C23H22N2O5S. The fraction of sp³-hybridized carbons (Fsp3) is 0.217. The van der Waals surface area contributed by atoms with Crippen LogP contribution in [-0.2, 0) is 9.84 Å². The molecule has 1 aliphatic rings. The highest BCUT2D eigenvalue weighted by atomic mass is 32.2. The van der Waals surface area contributed by atoms with Crippen LogP contribution in [0.25, 0.3) is 11.1 Å². The summed E-state index contributed by atoms with van der Waals surface area (Å²) in [6.07, 6.45) is 2.63. The first-order valence-corrected chi connectivity index (χ1v) is 11.8. The Morgan fingerprint density at radius 1 is 0.806 bits per heavy atom. The zero-order chi connectivity index (χ0) is 22.0. The van der Waals surface area contributed by atoms with Gasteiger partial charge in [0, 0.05) is 38.0 Å². The van der Waals surface area contributed by atoms with Crippen molar-refractivity contribution < 1.29 is 22.4 Å². The van der Waals surface area contributed by atoms with E-state index in [9.17, 15) is 18.0 Å². The second-order valence-electron chi connectivity index (χ2n) is 7.40. The highest BCUT2D eigenvalue weighted by molar-refractivity contribution is 7.90. The van der Waals surface area contributed by atoms with Crippen LogP contribution >= 0.6 is 0 Å². The molecule has 0 radical (unpaired) electrons. The molecule has 0 aliphatic carbocycles. The summed E-state index contributed by atoms with van der Waals surface area (Å²) >= 11 is 0. The Balaban J connectivity index is 1.51. The number of carbonyl (C=O) groups is 2. The number of benzene rings is 2. The van der Waals surface area contributed by atoms with Gasteiger partial charge in [-0.3, -0.25) is 9.59 Å². The van der Waals surface area contributed by atoms with Gasteiger partial charge in [0.05, 0.1) is 11.2 Å². The van der Waals surface area contributed by atoms with Crippen LogP contribution in [0.15, 0.2) is 76.2 Å². The average molecular weight is 439 g/mol. The predicted molar refractivity (Wildman–Crippen MR) is 116 cm³/mol. The van der Waals surface area contributed by atoms with Gasteiger partial charge in [0.1, 0.15) is 0 Å². The van der Waals surface area contributed by atoms with Crippen molar-refractivity contribution >= 4 is 21.7 Å². The number of furan rings is 1. The summed E-state index contributed by atoms with van der Waals surface area (Å²) in [6, 6.07) is 17.1. The summed E-state index contributed by atoms with van der Waals surface area (Å²) in [5.41, 5.74) is 2.05. The Bertz CT molecular complexity index is 1190. The Labute approximate surface area is 180 Å². The minimum atomic E-state index is -3.29. The van der Waals surface area contributed by atoms with Gasteiger partial charge in [-0.15, -0.1) is 0 Å². The fourth-order valence-electron chi connectivity index (χ4n) is 3.64. The largest absolute Gasteiger partial charge is 0.459 e. The Hall–Kier alpha value is -3.39. The molecule has 1 aliphatic heterocycles. The zero-order valence-corrected chi connectivity index (χ0v) is 17.8. The summed E-state index contributed by atoms with van der Waals surface area (Å²) in [5.74, 6) is -0.000912. The molecule has 1 fully saturated rings. The number of hydrogen-bond donors (Lipinski definition) is 0. The third-order valence-electron chi connectivity index (χ3n) is 5.34. The maximum absolute atomic E-state index is 13.2. The van der Waals surface area contributed by atoms with E-state index in [4.69, 9.17) is 4.42 Å². The van der Waals surface area contributed by atoms with E-state index in [-0.39, 0.29) is 16.7 Å². The number of sulfone groups is 1. The van der Waals surface area contributed by atoms with Crippen LogP contribution in [0.3, 0.4) is 0 Å². The SMILES string of the molecule is CS(=O)(=O)c1ccc(-c2ccccc2C(=O)N2CCN(C(=O)c3ccco3)CC2)cc1. The topological polar surface area (TPSA) is 87.9 Å². The molecule has 0 spiro atoms. The van der Waals surface area contributed by atoms with Gasteiger partial charge >= 0.3 is 0 Å². The van der Waals surface area contributed by atoms with Gasteiger partial charge in [-0.2, -0.15) is 0 Å². The molecule has 1 aromatic heterocycles. The minimum Gasteiger partial charge on any atom is -0.459 e. The minimum absolute atomic E-state index is 0.118. The lowest BCUT2D eigenvalue weighted by Crippen LogP contribution is -2.50. The normalized spacial score (nSPS) is 14.5. The van der Waals surface area contributed by atoms with Gasteiger partial charge in [-0.25, -0.2) is 8.42 Å². The van der Waals surface area contributed by atoms with Crippen LogP contribution in [0.1, 0.15) is 20.9 Å². The molecule has 4 rings (SSSR count). The lowest BCUT2D eigenvalue weighted by Gasteiger charge is -2.34. The van der Waals surface area contributed by atoms with Crippen LogP contribution in [0.5, 0.6) is 0 Å². The van der Waals surface area contributed by atoms with Crippen LogP contribution in [0.4, 0.5) is 0 Å². The number of nitrogens with zero attached hydrogens (tertiary/aromatic N) is 2. The predicted octanol–water partition coefficient (Wildman–Crippen LogP) is 2.95. The number of piperazine rings is 1. The van der Waals surface area contributed by atoms with E-state index in [2.05, 4.69) is 0 Å². The van der Waals surface area contributed by atoms with Crippen molar-refractivity contribution in [2.75, 3.05) is 32.4 Å². The Kier molecular flexibility index (Phi) is 5.65. The molecule has 0 saturated carbocycles. The van der Waals surface area contributed by atoms with Crippen molar-refractivity contribution in [2.24, 2.45) is 0 Å². The summed E-state index contributed by atoms with van der Waals surface area (Å²) in [7, 11) is -3.29. The van der Waals surface area contributed by atoms with Crippen LogP contribution < -0.4 is 0 Å². The molecule has 3 aromatic rings. The first-order chi connectivity index (χ1) is 14.8. The summed E-state index contributed by atoms with van der Waals surface area (Å²) in [6.45, 7) is 1.70. The standard InChI is InChI=1S/C23H22N2O5S/c1-31(28,29)18-10-8-17(9-11-18)19-5-2-3-6-20(19)22(26)24-12-14-25(15-13-24)23(27)21-7-4-16-30-21/h2-11,16H,12-15H2,1H3. The van der Waals surface area contributed by atoms with Gasteiger partial charge in [-0.05, 0) is 41.5 Å². The van der Waals surface area contributed by atoms with Crippen molar-refractivity contribution in [3.63, 3.8) is 0 Å². The summed E-state index contributed by atoms with van der Waals surface area (Å²) in [4.78, 5) is 29.3. The van der Waals surface area contributed by atoms with Gasteiger partial charge in [0.15, 0.2) is 15.6 Å². The van der Waals surface area contributed by atoms with Gasteiger partial charge in [-0.1, -0.05) is 30.3 Å². The Morgan fingerprint density at radius 3 is 2.00 bits per heavy atom. The van der Waals surface area contributed by atoms with E-state index in [1.54, 1.807) is 58.3 Å². The van der Waals surface area contributed by atoms with Crippen molar-refractivity contribution in [1.29, 1.82) is 0 Å². The molecule has 8 heteroatoms. The summed E-state index contributed by atoms with van der Waals surface area (Å²) < 4.78 is 28.6. The van der Waals surface area contributed by atoms with E-state index in [0.29, 0.717) is 37.5 Å². The van der Waals surface area contributed by atoms with Gasteiger partial charge < -0.3 is 14.2 Å². The lowest BCUT2D eigenvalue weighted by molar-refractivity contribution is 0.0518. The first kappa shape index (κ1) is 20.9. The molecule has 160 valence electrons. The molecule has 31 heavy (non-hydrogen) atoms. The van der Waals surface area contributed by atoms with Gasteiger partial charge in [0.25, 0.3) is 11.8 Å². The van der Waals surface area contributed by atoms with Crippen LogP contribution in [0.2, 0.25) is 0 Å². The first-order valence-electron chi connectivity index (χ1n) is 9.86. The van der Waals surface area contributed by atoms with E-state index in [0.717, 1.165) is 17.4 Å². The lowest BCUT2D eigenvalue weighted by atomic mass is 9.98. The maximum Gasteiger partial charge on any atom is 0.289 e. The quantitative estimate of drug-likeness (QED) is 0.625. The second-order valence-corrected chi connectivity index (χ2v) is 9.42. The third kappa shape index (κ3) is 4.39. The average Bonchev–Trinajstić information content (AvgIpc) is 3.33. The molecule has 2 amide bonds. The maximum atomic E-state index is 13.2. The van der Waals surface area contributed by atoms with Crippen LogP contribution in [-0.4, -0.2) is 62.5 Å². The van der Waals surface area contributed by atoms with Gasteiger partial charge in [0.2, 0.25) is 0 Å². The molecule has 1 saturated heterocycles. The number of hydrogen-bond acceptors (Lipinski definition) is 5. The molecule has 2 heterocycles. The summed E-state index contributed by atoms with van der Waals surface area (Å²) in [5, 5.41) is 0. The van der Waals surface area contributed by atoms with E-state index >= 15 is 0 Å². The number of amides is 2. The molecular weight excluding hydrogens is 416 g/mol. The van der Waals surface area contributed by atoms with Crippen molar-refractivity contribution in [3.05, 3.63) is 78.3 Å². The highest BCUT2D eigenvalue weighted by Gasteiger charge is 2.27. The second kappa shape index (κ2) is 8.39. The van der Waals surface area contributed by atoms with E-state index in [1.807, 2.05) is 12.1 Å². The molecule has 0 atom stereocenters. The van der Waals surface area contributed by atoms with Crippen molar-refractivity contribution in [2.45, 2.75) is 4.90 Å². The molecule has 0 bridgehead atoms. The molecule has 2 aromatic carbocycles. The van der Waals surface area contributed by atoms with Crippen molar-refractivity contribution in [3.8, 4) is 11.1 Å². The Morgan fingerprint density at radius 2 is 1.42 bits per heavy atom. The zero-order valence-electron chi connectivity index (χ0n) is 17.0. The molecule has 0 N–H and O–H groups in total. The smallest absolute Gasteiger partial charge is 0.289 e. The van der Waals surface area contributed by atoms with E-state index in [1.165, 1.54) is 6.26 Å². The third-order valence-corrected chi connectivity index (χ3v) is 6.47. The number of rotatable bonds is 4.